The van der Waals surface area contributed by atoms with E-state index in [1.165, 1.54) is 0 Å². The number of aliphatic carboxylic acids is 1. The Balaban J connectivity index is 2.93. The zero-order chi connectivity index (χ0) is 9.84. The van der Waals surface area contributed by atoms with Crippen LogP contribution in [-0.2, 0) is 24.2 Å². The fourth-order valence-electron chi connectivity index (χ4n) is 1.29. The van der Waals surface area contributed by atoms with Gasteiger partial charge in [0, 0.05) is 6.54 Å². The maximum Gasteiger partial charge on any atom is 0.309 e. The molecule has 0 saturated carbocycles. The highest BCUT2D eigenvalue weighted by molar-refractivity contribution is 5.69. The first-order valence-electron chi connectivity index (χ1n) is 4.32. The molecule has 0 aliphatic rings. The molecule has 0 aromatic carbocycles. The Kier molecular flexibility index (Phi) is 3.00. The zero-order valence-corrected chi connectivity index (χ0v) is 7.82. The van der Waals surface area contributed by atoms with Crippen LogP contribution in [0, 0.1) is 0 Å². The summed E-state index contributed by atoms with van der Waals surface area (Å²) < 4.78 is 1.73. The van der Waals surface area contributed by atoms with Gasteiger partial charge in [-0.15, -0.1) is 5.10 Å². The molecule has 72 valence electrons. The summed E-state index contributed by atoms with van der Waals surface area (Å²) in [6.45, 7) is 4.66. The van der Waals surface area contributed by atoms with E-state index in [0.29, 0.717) is 5.69 Å². The summed E-state index contributed by atoms with van der Waals surface area (Å²) in [6.07, 6.45) is 0.729. The van der Waals surface area contributed by atoms with Crippen LogP contribution in [0.25, 0.3) is 0 Å². The molecule has 1 aromatic rings. The number of hydrogen-bond donors (Lipinski definition) is 1. The van der Waals surface area contributed by atoms with Crippen LogP contribution < -0.4 is 0 Å². The van der Waals surface area contributed by atoms with Gasteiger partial charge in [0.05, 0.1) is 17.8 Å². The normalized spacial score (nSPS) is 10.3. The highest BCUT2D eigenvalue weighted by Gasteiger charge is 2.12. The summed E-state index contributed by atoms with van der Waals surface area (Å²) in [6, 6.07) is 0. The van der Waals surface area contributed by atoms with Crippen molar-refractivity contribution in [2.45, 2.75) is 33.2 Å². The van der Waals surface area contributed by atoms with Crippen molar-refractivity contribution in [3.63, 3.8) is 0 Å². The summed E-state index contributed by atoms with van der Waals surface area (Å²) >= 11 is 0. The lowest BCUT2D eigenvalue weighted by Gasteiger charge is -2.00. The summed E-state index contributed by atoms with van der Waals surface area (Å²) in [5.41, 5.74) is 1.50. The second-order valence-electron chi connectivity index (χ2n) is 2.72. The average molecular weight is 183 g/mol. The Morgan fingerprint density at radius 3 is 2.69 bits per heavy atom. The minimum absolute atomic E-state index is 0.0385. The molecule has 13 heavy (non-hydrogen) atoms. The molecule has 0 aliphatic carbocycles. The van der Waals surface area contributed by atoms with E-state index in [2.05, 4.69) is 10.3 Å². The first kappa shape index (κ1) is 9.70. The van der Waals surface area contributed by atoms with Crippen molar-refractivity contribution in [2.24, 2.45) is 0 Å². The van der Waals surface area contributed by atoms with Crippen molar-refractivity contribution in [3.8, 4) is 0 Å². The van der Waals surface area contributed by atoms with Gasteiger partial charge in [0.25, 0.3) is 0 Å². The monoisotopic (exact) mass is 183 g/mol. The van der Waals surface area contributed by atoms with Crippen molar-refractivity contribution >= 4 is 5.97 Å². The second-order valence-corrected chi connectivity index (χ2v) is 2.72. The van der Waals surface area contributed by atoms with Gasteiger partial charge in [-0.25, -0.2) is 4.68 Å². The lowest BCUT2D eigenvalue weighted by molar-refractivity contribution is -0.136. The maximum atomic E-state index is 10.5. The Morgan fingerprint density at radius 1 is 1.54 bits per heavy atom. The highest BCUT2D eigenvalue weighted by Crippen LogP contribution is 2.06. The molecule has 0 spiro atoms. The molecular weight excluding hydrogens is 170 g/mol. The molecule has 1 rings (SSSR count). The van der Waals surface area contributed by atoms with Gasteiger partial charge in [0.2, 0.25) is 0 Å². The summed E-state index contributed by atoms with van der Waals surface area (Å²) in [5, 5.41) is 16.3. The minimum Gasteiger partial charge on any atom is -0.481 e. The Morgan fingerprint density at radius 2 is 2.23 bits per heavy atom. The number of carboxylic acid groups (broad SMARTS) is 1. The molecule has 0 atom stereocenters. The lowest BCUT2D eigenvalue weighted by atomic mass is 10.2. The quantitative estimate of drug-likeness (QED) is 0.737. The van der Waals surface area contributed by atoms with Gasteiger partial charge in [-0.2, -0.15) is 0 Å². The lowest BCUT2D eigenvalue weighted by Crippen LogP contribution is -2.06. The molecule has 1 N–H and O–H groups in total. The third-order valence-electron chi connectivity index (χ3n) is 1.87. The SMILES string of the molecule is CCc1c(CC(=O)O)nnn1CC. The molecule has 5 heteroatoms. The number of aryl methyl sites for hydroxylation is 1. The van der Waals surface area contributed by atoms with Crippen LogP contribution in [-0.4, -0.2) is 26.1 Å². The third kappa shape index (κ3) is 2.05. The topological polar surface area (TPSA) is 68.0 Å². The fraction of sp³-hybridized carbons (Fsp3) is 0.625. The van der Waals surface area contributed by atoms with Crippen molar-refractivity contribution in [2.75, 3.05) is 0 Å². The highest BCUT2D eigenvalue weighted by atomic mass is 16.4. The van der Waals surface area contributed by atoms with Gasteiger partial charge in [0.15, 0.2) is 0 Å². The van der Waals surface area contributed by atoms with Gasteiger partial charge in [-0.05, 0) is 13.3 Å². The number of carboxylic acids is 1. The smallest absolute Gasteiger partial charge is 0.309 e. The Hall–Kier alpha value is -1.39. The number of nitrogens with zero attached hydrogens (tertiary/aromatic N) is 3. The third-order valence-corrected chi connectivity index (χ3v) is 1.87. The van der Waals surface area contributed by atoms with Crippen LogP contribution in [0.5, 0.6) is 0 Å². The van der Waals surface area contributed by atoms with E-state index in [1.54, 1.807) is 4.68 Å². The van der Waals surface area contributed by atoms with Crippen molar-refractivity contribution in [1.29, 1.82) is 0 Å². The van der Waals surface area contributed by atoms with E-state index in [-0.39, 0.29) is 6.42 Å². The number of hydrogen-bond acceptors (Lipinski definition) is 3. The van der Waals surface area contributed by atoms with Crippen LogP contribution in [0.3, 0.4) is 0 Å². The van der Waals surface area contributed by atoms with E-state index in [9.17, 15) is 4.79 Å². The first-order chi connectivity index (χ1) is 6.19. The van der Waals surface area contributed by atoms with Crippen LogP contribution >= 0.6 is 0 Å². The van der Waals surface area contributed by atoms with Crippen molar-refractivity contribution in [1.82, 2.24) is 15.0 Å². The molecule has 0 bridgehead atoms. The number of rotatable bonds is 4. The van der Waals surface area contributed by atoms with Gasteiger partial charge < -0.3 is 5.11 Å². The first-order valence-corrected chi connectivity index (χ1v) is 4.32. The molecule has 0 amide bonds. The Bertz CT molecular complexity index is 306. The zero-order valence-electron chi connectivity index (χ0n) is 7.82. The maximum absolute atomic E-state index is 10.5. The minimum atomic E-state index is -0.863. The fourth-order valence-corrected chi connectivity index (χ4v) is 1.29. The van der Waals surface area contributed by atoms with Crippen LogP contribution in [0.2, 0.25) is 0 Å². The van der Waals surface area contributed by atoms with E-state index in [4.69, 9.17) is 5.11 Å². The molecule has 0 fully saturated rings. The van der Waals surface area contributed by atoms with Crippen molar-refractivity contribution in [3.05, 3.63) is 11.4 Å². The Labute approximate surface area is 76.4 Å². The van der Waals surface area contributed by atoms with Gasteiger partial charge >= 0.3 is 5.97 Å². The molecule has 1 aromatic heterocycles. The molecule has 0 saturated heterocycles. The summed E-state index contributed by atoms with van der Waals surface area (Å²) in [4.78, 5) is 10.5. The van der Waals surface area contributed by atoms with E-state index >= 15 is 0 Å². The van der Waals surface area contributed by atoms with Gasteiger partial charge in [-0.3, -0.25) is 4.79 Å². The molecule has 1 heterocycles. The average Bonchev–Trinajstić information content (AvgIpc) is 2.45. The van der Waals surface area contributed by atoms with Crippen LogP contribution in [0.4, 0.5) is 0 Å². The standard InChI is InChI=1S/C8H13N3O2/c1-3-7-6(5-8(12)13)9-10-11(7)4-2/h3-5H2,1-2H3,(H,12,13). The van der Waals surface area contributed by atoms with Crippen molar-refractivity contribution < 1.29 is 9.90 Å². The predicted molar refractivity (Wildman–Crippen MR) is 46.4 cm³/mol. The molecule has 5 nitrogen and oxygen atoms in total. The molecule has 0 radical (unpaired) electrons. The second kappa shape index (κ2) is 4.02. The van der Waals surface area contributed by atoms with Gasteiger partial charge in [-0.1, -0.05) is 12.1 Å². The largest absolute Gasteiger partial charge is 0.481 e. The summed E-state index contributed by atoms with van der Waals surface area (Å²) in [5.74, 6) is -0.863. The predicted octanol–water partition coefficient (Wildman–Crippen LogP) is 0.487. The van der Waals surface area contributed by atoms with E-state index < -0.39 is 5.97 Å². The van der Waals surface area contributed by atoms with Crippen LogP contribution in [0.15, 0.2) is 0 Å². The molecule has 0 unspecified atom stereocenters. The number of aromatic nitrogens is 3. The molecule has 0 aliphatic heterocycles. The van der Waals surface area contributed by atoms with E-state index in [0.717, 1.165) is 18.7 Å². The van der Waals surface area contributed by atoms with Gasteiger partial charge in [0.1, 0.15) is 0 Å². The summed E-state index contributed by atoms with van der Waals surface area (Å²) in [7, 11) is 0. The van der Waals surface area contributed by atoms with Crippen LogP contribution in [0.1, 0.15) is 25.2 Å². The number of carbonyl (C=O) groups is 1. The molecular formula is C8H13N3O2. The van der Waals surface area contributed by atoms with E-state index in [1.807, 2.05) is 13.8 Å².